The molecule has 2 rings (SSSR count). The number of ether oxygens (including phenoxy) is 1. The van der Waals surface area contributed by atoms with Crippen LogP contribution in [0.15, 0.2) is 43.0 Å². The summed E-state index contributed by atoms with van der Waals surface area (Å²) in [4.78, 5) is 19.1. The molecular weight excluding hydrogens is 244 g/mol. The molecule has 1 heterocycles. The van der Waals surface area contributed by atoms with E-state index in [9.17, 15) is 4.79 Å². The third-order valence-corrected chi connectivity index (χ3v) is 2.20. The van der Waals surface area contributed by atoms with Crippen LogP contribution in [-0.4, -0.2) is 22.5 Å². The van der Waals surface area contributed by atoms with Gasteiger partial charge in [0.05, 0.1) is 29.7 Å². The Kier molecular flexibility index (Phi) is 4.03. The highest BCUT2D eigenvalue weighted by molar-refractivity contribution is 5.91. The first-order valence-corrected chi connectivity index (χ1v) is 5.46. The smallest absolute Gasteiger partial charge is 0.262 e. The summed E-state index contributed by atoms with van der Waals surface area (Å²) in [5.41, 5.74) is 1.05. The van der Waals surface area contributed by atoms with Crippen molar-refractivity contribution in [1.29, 1.82) is 5.26 Å². The molecule has 0 saturated heterocycles. The van der Waals surface area contributed by atoms with E-state index < -0.39 is 0 Å². The van der Waals surface area contributed by atoms with Crippen molar-refractivity contribution in [3.63, 3.8) is 0 Å². The van der Waals surface area contributed by atoms with E-state index in [0.717, 1.165) is 0 Å². The number of carbonyl (C=O) groups excluding carboxylic acids is 1. The van der Waals surface area contributed by atoms with Crippen molar-refractivity contribution in [2.24, 2.45) is 0 Å². The van der Waals surface area contributed by atoms with Crippen molar-refractivity contribution >= 4 is 11.6 Å². The van der Waals surface area contributed by atoms with E-state index >= 15 is 0 Å². The van der Waals surface area contributed by atoms with Gasteiger partial charge in [0.15, 0.2) is 6.61 Å². The number of nitriles is 1. The molecule has 0 radical (unpaired) electrons. The van der Waals surface area contributed by atoms with Crippen molar-refractivity contribution in [3.05, 3.63) is 48.5 Å². The lowest BCUT2D eigenvalue weighted by molar-refractivity contribution is -0.118. The summed E-state index contributed by atoms with van der Waals surface area (Å²) in [7, 11) is 0. The fourth-order valence-electron chi connectivity index (χ4n) is 1.34. The van der Waals surface area contributed by atoms with Gasteiger partial charge in [0, 0.05) is 0 Å². The van der Waals surface area contributed by atoms with Gasteiger partial charge in [-0.2, -0.15) is 5.26 Å². The van der Waals surface area contributed by atoms with E-state index in [1.165, 1.54) is 18.7 Å². The Balaban J connectivity index is 1.85. The Morgan fingerprint density at radius 2 is 1.95 bits per heavy atom. The maximum Gasteiger partial charge on any atom is 0.262 e. The second kappa shape index (κ2) is 6.12. The molecule has 0 aliphatic carbocycles. The van der Waals surface area contributed by atoms with Crippen molar-refractivity contribution < 1.29 is 9.53 Å². The SMILES string of the molecule is N#Cc1ccc(OCC(=O)Nc2cncnc2)cc1. The maximum absolute atomic E-state index is 11.6. The van der Waals surface area contributed by atoms with Crippen LogP contribution in [0.5, 0.6) is 5.75 Å². The molecule has 0 aliphatic rings. The highest BCUT2D eigenvalue weighted by atomic mass is 16.5. The number of nitrogens with one attached hydrogen (secondary N) is 1. The fraction of sp³-hybridized carbons (Fsp3) is 0.0769. The van der Waals surface area contributed by atoms with Gasteiger partial charge in [-0.25, -0.2) is 9.97 Å². The highest BCUT2D eigenvalue weighted by Gasteiger charge is 2.04. The van der Waals surface area contributed by atoms with Crippen LogP contribution in [0.4, 0.5) is 5.69 Å². The van der Waals surface area contributed by atoms with Crippen LogP contribution in [0.25, 0.3) is 0 Å². The summed E-state index contributed by atoms with van der Waals surface area (Å²) in [5.74, 6) is 0.220. The summed E-state index contributed by atoms with van der Waals surface area (Å²) < 4.78 is 5.28. The molecule has 0 atom stereocenters. The van der Waals surface area contributed by atoms with Crippen LogP contribution in [0.2, 0.25) is 0 Å². The number of hydrogen-bond donors (Lipinski definition) is 1. The number of carbonyl (C=O) groups is 1. The zero-order valence-electron chi connectivity index (χ0n) is 9.91. The summed E-state index contributed by atoms with van der Waals surface area (Å²) in [6.45, 7) is -0.124. The van der Waals surface area contributed by atoms with Gasteiger partial charge in [-0.3, -0.25) is 4.79 Å². The zero-order chi connectivity index (χ0) is 13.5. The molecule has 2 aromatic rings. The Labute approximate surface area is 109 Å². The average Bonchev–Trinajstić information content (AvgIpc) is 2.47. The molecule has 19 heavy (non-hydrogen) atoms. The average molecular weight is 254 g/mol. The van der Waals surface area contributed by atoms with Crippen molar-refractivity contribution in [1.82, 2.24) is 9.97 Å². The zero-order valence-corrected chi connectivity index (χ0v) is 9.91. The highest BCUT2D eigenvalue weighted by Crippen LogP contribution is 2.11. The molecule has 1 N–H and O–H groups in total. The van der Waals surface area contributed by atoms with Crippen LogP contribution in [-0.2, 0) is 4.79 Å². The van der Waals surface area contributed by atoms with Gasteiger partial charge in [0.2, 0.25) is 0 Å². The van der Waals surface area contributed by atoms with E-state index in [1.807, 2.05) is 6.07 Å². The van der Waals surface area contributed by atoms with Gasteiger partial charge >= 0.3 is 0 Å². The Hall–Kier alpha value is -2.94. The number of rotatable bonds is 4. The van der Waals surface area contributed by atoms with Gasteiger partial charge in [-0.15, -0.1) is 0 Å². The van der Waals surface area contributed by atoms with Gasteiger partial charge in [0.1, 0.15) is 12.1 Å². The topological polar surface area (TPSA) is 87.9 Å². The lowest BCUT2D eigenvalue weighted by Gasteiger charge is -2.06. The summed E-state index contributed by atoms with van der Waals surface area (Å²) in [6, 6.07) is 8.52. The molecule has 0 bridgehead atoms. The second-order valence-corrected chi connectivity index (χ2v) is 3.60. The molecule has 6 nitrogen and oxygen atoms in total. The molecule has 0 aliphatic heterocycles. The standard InChI is InChI=1S/C13H10N4O2/c14-5-10-1-3-12(4-2-10)19-8-13(18)17-11-6-15-9-16-7-11/h1-4,6-7,9H,8H2,(H,17,18). The van der Waals surface area contributed by atoms with Crippen LogP contribution in [0, 0.1) is 11.3 Å². The van der Waals surface area contributed by atoms with E-state index in [-0.39, 0.29) is 12.5 Å². The molecule has 1 amide bonds. The van der Waals surface area contributed by atoms with Crippen LogP contribution in [0.3, 0.4) is 0 Å². The lowest BCUT2D eigenvalue weighted by Crippen LogP contribution is -2.20. The van der Waals surface area contributed by atoms with E-state index in [0.29, 0.717) is 17.0 Å². The van der Waals surface area contributed by atoms with Crippen LogP contribution in [0.1, 0.15) is 5.56 Å². The third-order valence-electron chi connectivity index (χ3n) is 2.20. The molecule has 1 aromatic carbocycles. The second-order valence-electron chi connectivity index (χ2n) is 3.60. The number of nitrogens with zero attached hydrogens (tertiary/aromatic N) is 3. The van der Waals surface area contributed by atoms with Gasteiger partial charge in [-0.1, -0.05) is 0 Å². The molecule has 0 spiro atoms. The van der Waals surface area contributed by atoms with E-state index in [2.05, 4.69) is 15.3 Å². The quantitative estimate of drug-likeness (QED) is 0.890. The normalized spacial score (nSPS) is 9.42. The summed E-state index contributed by atoms with van der Waals surface area (Å²) >= 11 is 0. The predicted molar refractivity (Wildman–Crippen MR) is 67.3 cm³/mol. The van der Waals surface area contributed by atoms with Gasteiger partial charge < -0.3 is 10.1 Å². The number of amides is 1. The maximum atomic E-state index is 11.6. The van der Waals surface area contributed by atoms with E-state index in [1.54, 1.807) is 24.3 Å². The first-order chi connectivity index (χ1) is 9.28. The van der Waals surface area contributed by atoms with Crippen molar-refractivity contribution in [2.45, 2.75) is 0 Å². The van der Waals surface area contributed by atoms with Gasteiger partial charge in [-0.05, 0) is 24.3 Å². The minimum absolute atomic E-state index is 0.124. The first-order valence-electron chi connectivity index (χ1n) is 5.46. The summed E-state index contributed by atoms with van der Waals surface area (Å²) in [5, 5.41) is 11.2. The lowest BCUT2D eigenvalue weighted by atomic mass is 10.2. The minimum atomic E-state index is -0.306. The van der Waals surface area contributed by atoms with Crippen LogP contribution >= 0.6 is 0 Å². The molecular formula is C13H10N4O2. The Morgan fingerprint density at radius 3 is 2.58 bits per heavy atom. The Morgan fingerprint density at radius 1 is 1.26 bits per heavy atom. The molecule has 0 saturated carbocycles. The fourth-order valence-corrected chi connectivity index (χ4v) is 1.34. The molecule has 6 heteroatoms. The molecule has 0 fully saturated rings. The Bertz CT molecular complexity index is 590. The number of anilines is 1. The first kappa shape index (κ1) is 12.5. The largest absolute Gasteiger partial charge is 0.484 e. The minimum Gasteiger partial charge on any atom is -0.484 e. The number of aromatic nitrogens is 2. The van der Waals surface area contributed by atoms with Crippen molar-refractivity contribution in [3.8, 4) is 11.8 Å². The van der Waals surface area contributed by atoms with Gasteiger partial charge in [0.25, 0.3) is 5.91 Å². The van der Waals surface area contributed by atoms with Crippen molar-refractivity contribution in [2.75, 3.05) is 11.9 Å². The number of benzene rings is 1. The molecule has 1 aromatic heterocycles. The molecule has 94 valence electrons. The number of hydrogen-bond acceptors (Lipinski definition) is 5. The van der Waals surface area contributed by atoms with Crippen LogP contribution < -0.4 is 10.1 Å². The monoisotopic (exact) mass is 254 g/mol. The van der Waals surface area contributed by atoms with E-state index in [4.69, 9.17) is 10.00 Å². The predicted octanol–water partition coefficient (Wildman–Crippen LogP) is 1.37. The summed E-state index contributed by atoms with van der Waals surface area (Å²) in [6.07, 6.45) is 4.36. The third kappa shape index (κ3) is 3.78. The molecule has 0 unspecified atom stereocenters.